The lowest BCUT2D eigenvalue weighted by Gasteiger charge is -2.23. The first-order valence-electron chi connectivity index (χ1n) is 9.53. The number of benzene rings is 2. The van der Waals surface area contributed by atoms with E-state index in [2.05, 4.69) is 20.8 Å². The lowest BCUT2D eigenvalue weighted by Crippen LogP contribution is -2.33. The molecule has 0 saturated heterocycles. The summed E-state index contributed by atoms with van der Waals surface area (Å²) >= 11 is 1.27. The molecule has 158 valence electrons. The fourth-order valence-corrected chi connectivity index (χ4v) is 3.64. The number of ether oxygens (including phenoxy) is 1. The number of hydrogen-bond acceptors (Lipinski definition) is 6. The number of hydrogen-bond donors (Lipinski definition) is 1. The summed E-state index contributed by atoms with van der Waals surface area (Å²) in [6, 6.07) is 13.6. The van der Waals surface area contributed by atoms with Gasteiger partial charge in [-0.3, -0.25) is 4.79 Å². The Morgan fingerprint density at radius 1 is 1.17 bits per heavy atom. The fraction of sp³-hybridized carbons (Fsp3) is 0.333. The van der Waals surface area contributed by atoms with Crippen LogP contribution in [0.15, 0.2) is 53.7 Å². The average Bonchev–Trinajstić information content (AvgIpc) is 3.18. The molecule has 1 unspecified atom stereocenters. The van der Waals surface area contributed by atoms with Gasteiger partial charge in [0, 0.05) is 0 Å². The summed E-state index contributed by atoms with van der Waals surface area (Å²) < 4.78 is 20.0. The maximum atomic E-state index is 13.2. The predicted octanol–water partition coefficient (Wildman–Crippen LogP) is 3.47. The molecule has 30 heavy (non-hydrogen) atoms. The van der Waals surface area contributed by atoms with Crippen LogP contribution in [0.25, 0.3) is 0 Å². The van der Waals surface area contributed by atoms with E-state index in [0.717, 1.165) is 16.9 Å². The minimum Gasteiger partial charge on any atom is -0.497 e. The van der Waals surface area contributed by atoms with E-state index in [1.54, 1.807) is 23.9 Å². The molecule has 0 fully saturated rings. The van der Waals surface area contributed by atoms with Crippen molar-refractivity contribution in [3.05, 3.63) is 65.5 Å². The minimum atomic E-state index is -0.299. The van der Waals surface area contributed by atoms with E-state index in [1.807, 2.05) is 38.1 Å². The summed E-state index contributed by atoms with van der Waals surface area (Å²) in [6.07, 6.45) is 0. The molecule has 1 amide bonds. The van der Waals surface area contributed by atoms with Crippen molar-refractivity contribution >= 4 is 17.7 Å². The van der Waals surface area contributed by atoms with E-state index >= 15 is 0 Å². The molecule has 0 bridgehead atoms. The van der Waals surface area contributed by atoms with Crippen molar-refractivity contribution in [2.45, 2.75) is 31.6 Å². The molecule has 2 aromatic carbocycles. The molecule has 0 saturated carbocycles. The molecular weight excluding hydrogens is 405 g/mol. The average molecular weight is 430 g/mol. The number of carbonyl (C=O) groups excluding carboxylic acids is 1. The summed E-state index contributed by atoms with van der Waals surface area (Å²) in [5.41, 5.74) is 1.89. The fourth-order valence-electron chi connectivity index (χ4n) is 2.95. The largest absolute Gasteiger partial charge is 0.497 e. The second-order valence-electron chi connectivity index (χ2n) is 7.10. The lowest BCUT2D eigenvalue weighted by molar-refractivity contribution is -0.119. The summed E-state index contributed by atoms with van der Waals surface area (Å²) in [5, 5.41) is 15.3. The van der Waals surface area contributed by atoms with Crippen LogP contribution < -0.4 is 10.1 Å². The number of rotatable bonds is 9. The van der Waals surface area contributed by atoms with Crippen molar-refractivity contribution in [1.29, 1.82) is 0 Å². The first kappa shape index (κ1) is 21.8. The highest BCUT2D eigenvalue weighted by Crippen LogP contribution is 2.23. The van der Waals surface area contributed by atoms with Crippen LogP contribution in [0.1, 0.15) is 31.0 Å². The predicted molar refractivity (Wildman–Crippen MR) is 113 cm³/mol. The van der Waals surface area contributed by atoms with E-state index in [4.69, 9.17) is 4.74 Å². The van der Waals surface area contributed by atoms with Gasteiger partial charge in [0.05, 0.1) is 25.4 Å². The Kier molecular flexibility index (Phi) is 7.40. The third-order valence-corrected chi connectivity index (χ3v) is 5.49. The number of nitrogens with zero attached hydrogens (tertiary/aromatic N) is 4. The minimum absolute atomic E-state index is 0.137. The van der Waals surface area contributed by atoms with Gasteiger partial charge < -0.3 is 10.1 Å². The molecule has 0 spiro atoms. The first-order chi connectivity index (χ1) is 14.5. The van der Waals surface area contributed by atoms with Crippen molar-refractivity contribution in [3.8, 4) is 5.75 Å². The molecule has 0 radical (unpaired) electrons. The highest BCUT2D eigenvalue weighted by Gasteiger charge is 2.19. The van der Waals surface area contributed by atoms with Crippen LogP contribution in [-0.2, 0) is 11.3 Å². The van der Waals surface area contributed by atoms with Crippen LogP contribution in [0.3, 0.4) is 0 Å². The van der Waals surface area contributed by atoms with E-state index in [-0.39, 0.29) is 29.4 Å². The SMILES string of the molecule is COc1ccc(Cn2nnnc2SCC(=O)NC(c2ccc(F)cc2)C(C)C)cc1. The van der Waals surface area contributed by atoms with Gasteiger partial charge in [0.2, 0.25) is 11.1 Å². The number of nitrogens with one attached hydrogen (secondary N) is 1. The summed E-state index contributed by atoms with van der Waals surface area (Å²) in [5.74, 6) is 0.675. The number of amides is 1. The molecular formula is C21H24FN5O2S. The molecule has 7 nitrogen and oxygen atoms in total. The van der Waals surface area contributed by atoms with E-state index in [9.17, 15) is 9.18 Å². The Morgan fingerprint density at radius 3 is 2.50 bits per heavy atom. The van der Waals surface area contributed by atoms with Gasteiger partial charge in [-0.15, -0.1) is 5.10 Å². The topological polar surface area (TPSA) is 81.9 Å². The van der Waals surface area contributed by atoms with E-state index < -0.39 is 0 Å². The molecule has 0 aliphatic carbocycles. The Morgan fingerprint density at radius 2 is 1.87 bits per heavy atom. The number of carbonyl (C=O) groups is 1. The van der Waals surface area contributed by atoms with Gasteiger partial charge in [-0.05, 0) is 51.7 Å². The van der Waals surface area contributed by atoms with Crippen LogP contribution in [0.5, 0.6) is 5.75 Å². The standard InChI is InChI=1S/C21H24FN5O2S/c1-14(2)20(16-6-8-17(22)9-7-16)23-19(28)13-30-21-24-25-26-27(21)12-15-4-10-18(29-3)11-5-15/h4-11,14,20H,12-13H2,1-3H3,(H,23,28). The van der Waals surface area contributed by atoms with Gasteiger partial charge in [0.1, 0.15) is 11.6 Å². The Balaban J connectivity index is 1.59. The third-order valence-electron chi connectivity index (χ3n) is 4.54. The van der Waals surface area contributed by atoms with Crippen LogP contribution in [0.2, 0.25) is 0 Å². The molecule has 0 aliphatic rings. The number of methoxy groups -OCH3 is 1. The van der Waals surface area contributed by atoms with Gasteiger partial charge in [-0.25, -0.2) is 9.07 Å². The molecule has 0 aliphatic heterocycles. The first-order valence-corrected chi connectivity index (χ1v) is 10.5. The van der Waals surface area contributed by atoms with Crippen LogP contribution in [-0.4, -0.2) is 39.0 Å². The highest BCUT2D eigenvalue weighted by atomic mass is 32.2. The summed E-state index contributed by atoms with van der Waals surface area (Å²) in [7, 11) is 1.62. The van der Waals surface area contributed by atoms with Crippen LogP contribution in [0, 0.1) is 11.7 Å². The lowest BCUT2D eigenvalue weighted by atomic mass is 9.96. The Labute approximate surface area is 179 Å². The molecule has 1 N–H and O–H groups in total. The van der Waals surface area contributed by atoms with Crippen molar-refractivity contribution in [3.63, 3.8) is 0 Å². The van der Waals surface area contributed by atoms with Gasteiger partial charge in [-0.1, -0.05) is 49.9 Å². The molecule has 9 heteroatoms. The Hall–Kier alpha value is -2.94. The maximum absolute atomic E-state index is 13.2. The van der Waals surface area contributed by atoms with Gasteiger partial charge in [0.25, 0.3) is 0 Å². The second kappa shape index (κ2) is 10.2. The normalized spacial score (nSPS) is 12.0. The maximum Gasteiger partial charge on any atom is 0.230 e. The van der Waals surface area contributed by atoms with Gasteiger partial charge in [0.15, 0.2) is 0 Å². The smallest absolute Gasteiger partial charge is 0.230 e. The number of halogens is 1. The quantitative estimate of drug-likeness (QED) is 0.525. The molecule has 3 aromatic rings. The van der Waals surface area contributed by atoms with Crippen molar-refractivity contribution in [1.82, 2.24) is 25.5 Å². The van der Waals surface area contributed by atoms with Crippen LogP contribution in [0.4, 0.5) is 4.39 Å². The number of tetrazole rings is 1. The van der Waals surface area contributed by atoms with E-state index in [1.165, 1.54) is 23.9 Å². The van der Waals surface area contributed by atoms with Crippen molar-refractivity contribution in [2.24, 2.45) is 5.92 Å². The third kappa shape index (κ3) is 5.79. The van der Waals surface area contributed by atoms with Gasteiger partial charge in [-0.2, -0.15) is 0 Å². The zero-order chi connectivity index (χ0) is 21.5. The number of thioether (sulfide) groups is 1. The molecule has 3 rings (SSSR count). The molecule has 1 heterocycles. The monoisotopic (exact) mass is 429 g/mol. The van der Waals surface area contributed by atoms with Crippen molar-refractivity contribution < 1.29 is 13.9 Å². The molecule has 1 aromatic heterocycles. The molecule has 1 atom stereocenters. The van der Waals surface area contributed by atoms with Crippen molar-refractivity contribution in [2.75, 3.05) is 12.9 Å². The second-order valence-corrected chi connectivity index (χ2v) is 8.04. The Bertz CT molecular complexity index is 960. The summed E-state index contributed by atoms with van der Waals surface area (Å²) in [6.45, 7) is 4.51. The van der Waals surface area contributed by atoms with Gasteiger partial charge >= 0.3 is 0 Å². The zero-order valence-electron chi connectivity index (χ0n) is 17.1. The number of aromatic nitrogens is 4. The summed E-state index contributed by atoms with van der Waals surface area (Å²) in [4.78, 5) is 12.5. The van der Waals surface area contributed by atoms with E-state index in [0.29, 0.717) is 11.7 Å². The zero-order valence-corrected chi connectivity index (χ0v) is 17.9. The highest BCUT2D eigenvalue weighted by molar-refractivity contribution is 7.99. The van der Waals surface area contributed by atoms with Crippen LogP contribution >= 0.6 is 11.8 Å².